The fraction of sp³-hybridized carbons (Fsp3) is 0.865. The largest absolute Gasteiger partial charge is 0.414 e. The molecule has 3 aliphatic carbocycles. The Hall–Kier alpha value is -0.496. The van der Waals surface area contributed by atoms with Crippen molar-refractivity contribution in [3.8, 4) is 0 Å². The van der Waals surface area contributed by atoms with E-state index in [1.165, 1.54) is 50.5 Å². The van der Waals surface area contributed by atoms with Crippen LogP contribution in [0.4, 0.5) is 0 Å². The Bertz CT molecular complexity index is 928. The van der Waals surface area contributed by atoms with Crippen LogP contribution in [0.1, 0.15) is 132 Å². The number of allylic oxidation sites excluding steroid dienone is 3. The number of fused-ring (bicyclic) bond motifs is 1. The first-order chi connectivity index (χ1) is 19.3. The summed E-state index contributed by atoms with van der Waals surface area (Å²) < 4.78 is 14.1. The van der Waals surface area contributed by atoms with Gasteiger partial charge in [0, 0.05) is 6.42 Å². The molecule has 0 radical (unpaired) electrons. The van der Waals surface area contributed by atoms with Gasteiger partial charge in [0.1, 0.15) is 6.29 Å². The van der Waals surface area contributed by atoms with Crippen LogP contribution in [0.25, 0.3) is 0 Å². The summed E-state index contributed by atoms with van der Waals surface area (Å²) in [5.41, 5.74) is 3.68. The van der Waals surface area contributed by atoms with Gasteiger partial charge >= 0.3 is 0 Å². The molecule has 0 N–H and O–H groups in total. The molecule has 3 fully saturated rings. The topological polar surface area (TPSA) is 35.5 Å². The standard InChI is InChI=1S/C37H68O3Si2/c1-28(17-14-13-15-24-38)33-21-22-34-30(18-16-23-37(33,34)8)20-19-29-25-31(39-41(9,10)35(2,3)4)27-32(26-29)40-42(11,12)36(5,6)7/h19-20,24,28,31-34H,13-18,21-23,25-27H2,1-12H3/b30-20+/t28-,31+,32+,33+,34-,37+/m0/s1. The lowest BCUT2D eigenvalue weighted by molar-refractivity contribution is -0.107. The van der Waals surface area contributed by atoms with Crippen molar-refractivity contribution in [1.82, 2.24) is 0 Å². The third-order valence-corrected chi connectivity index (χ3v) is 21.6. The molecule has 0 aromatic heterocycles. The van der Waals surface area contributed by atoms with Crippen LogP contribution in [-0.2, 0) is 13.6 Å². The molecule has 3 saturated carbocycles. The highest BCUT2D eigenvalue weighted by Crippen LogP contribution is 2.60. The van der Waals surface area contributed by atoms with Crippen molar-refractivity contribution >= 4 is 22.9 Å². The van der Waals surface area contributed by atoms with Gasteiger partial charge in [0.2, 0.25) is 0 Å². The van der Waals surface area contributed by atoms with E-state index in [1.807, 2.05) is 0 Å². The van der Waals surface area contributed by atoms with Crippen molar-refractivity contribution in [1.29, 1.82) is 0 Å². The minimum atomic E-state index is -1.87. The molecule has 3 rings (SSSR count). The molecule has 0 aromatic rings. The lowest BCUT2D eigenvalue weighted by atomic mass is 9.60. The maximum Gasteiger partial charge on any atom is 0.192 e. The summed E-state index contributed by atoms with van der Waals surface area (Å²) in [7, 11) is -3.73. The molecule has 3 nitrogen and oxygen atoms in total. The van der Waals surface area contributed by atoms with Crippen molar-refractivity contribution in [2.45, 2.75) is 181 Å². The summed E-state index contributed by atoms with van der Waals surface area (Å²) in [5, 5.41) is 0.423. The number of aldehydes is 1. The van der Waals surface area contributed by atoms with E-state index < -0.39 is 16.6 Å². The van der Waals surface area contributed by atoms with Gasteiger partial charge < -0.3 is 13.6 Å². The molecule has 6 atom stereocenters. The van der Waals surface area contributed by atoms with E-state index in [-0.39, 0.29) is 22.3 Å². The maximum atomic E-state index is 10.8. The monoisotopic (exact) mass is 616 g/mol. The molecule has 42 heavy (non-hydrogen) atoms. The van der Waals surface area contributed by atoms with Crippen molar-refractivity contribution in [2.24, 2.45) is 23.2 Å². The highest BCUT2D eigenvalue weighted by Gasteiger charge is 2.50. The Kier molecular flexibility index (Phi) is 11.9. The quantitative estimate of drug-likeness (QED) is 0.132. The van der Waals surface area contributed by atoms with E-state index in [0.717, 1.165) is 56.1 Å². The number of hydrogen-bond donors (Lipinski definition) is 0. The second kappa shape index (κ2) is 13.9. The zero-order chi connectivity index (χ0) is 31.6. The molecule has 0 amide bonds. The molecule has 5 heteroatoms. The summed E-state index contributed by atoms with van der Waals surface area (Å²) >= 11 is 0. The van der Waals surface area contributed by atoms with Gasteiger partial charge in [-0.3, -0.25) is 0 Å². The van der Waals surface area contributed by atoms with E-state index in [0.29, 0.717) is 5.41 Å². The summed E-state index contributed by atoms with van der Waals surface area (Å²) in [5.74, 6) is 2.30. The fourth-order valence-electron chi connectivity index (χ4n) is 7.96. The zero-order valence-corrected chi connectivity index (χ0v) is 31.8. The van der Waals surface area contributed by atoms with Crippen molar-refractivity contribution in [3.63, 3.8) is 0 Å². The van der Waals surface area contributed by atoms with E-state index in [1.54, 1.807) is 5.57 Å². The number of carbonyl (C=O) groups is 1. The lowest BCUT2D eigenvalue weighted by Gasteiger charge is -2.45. The Morgan fingerprint density at radius 3 is 2.00 bits per heavy atom. The first-order valence-corrected chi connectivity index (χ1v) is 23.3. The van der Waals surface area contributed by atoms with Gasteiger partial charge in [0.05, 0.1) is 12.2 Å². The zero-order valence-electron chi connectivity index (χ0n) is 29.8. The molecule has 3 aliphatic rings. The summed E-state index contributed by atoms with van der Waals surface area (Å²) in [6.07, 6.45) is 20.7. The van der Waals surface area contributed by atoms with E-state index in [4.69, 9.17) is 8.85 Å². The second-order valence-electron chi connectivity index (χ2n) is 17.7. The van der Waals surface area contributed by atoms with Gasteiger partial charge in [0.25, 0.3) is 0 Å². The highest BCUT2D eigenvalue weighted by atomic mass is 28.4. The molecule has 242 valence electrons. The van der Waals surface area contributed by atoms with Gasteiger partial charge in [-0.05, 0) is 117 Å². The minimum Gasteiger partial charge on any atom is -0.414 e. The van der Waals surface area contributed by atoms with E-state index in [2.05, 4.69) is 93.7 Å². The smallest absolute Gasteiger partial charge is 0.192 e. The average molecular weight is 617 g/mol. The van der Waals surface area contributed by atoms with Crippen LogP contribution < -0.4 is 0 Å². The van der Waals surface area contributed by atoms with Gasteiger partial charge in [-0.1, -0.05) is 91.5 Å². The molecule has 0 heterocycles. The molecule has 0 bridgehead atoms. The molecular formula is C37H68O3Si2. The number of carbonyl (C=O) groups excluding carboxylic acids is 1. The van der Waals surface area contributed by atoms with Gasteiger partial charge in [0.15, 0.2) is 16.6 Å². The predicted molar refractivity (Wildman–Crippen MR) is 186 cm³/mol. The van der Waals surface area contributed by atoms with Gasteiger partial charge in [-0.15, -0.1) is 0 Å². The average Bonchev–Trinajstić information content (AvgIpc) is 3.21. The Morgan fingerprint density at radius 1 is 0.905 bits per heavy atom. The van der Waals surface area contributed by atoms with Crippen molar-refractivity contribution < 1.29 is 13.6 Å². The van der Waals surface area contributed by atoms with Crippen LogP contribution in [0.2, 0.25) is 36.3 Å². The van der Waals surface area contributed by atoms with Crippen molar-refractivity contribution in [2.75, 3.05) is 0 Å². The number of rotatable bonds is 11. The number of unbranched alkanes of at least 4 members (excludes halogenated alkanes) is 2. The second-order valence-corrected chi connectivity index (χ2v) is 27.2. The Balaban J connectivity index is 1.81. The van der Waals surface area contributed by atoms with Gasteiger partial charge in [-0.2, -0.15) is 0 Å². The molecule has 0 unspecified atom stereocenters. The van der Waals surface area contributed by atoms with Gasteiger partial charge in [-0.25, -0.2) is 0 Å². The lowest BCUT2D eigenvalue weighted by Crippen LogP contribution is -2.48. The van der Waals surface area contributed by atoms with Crippen LogP contribution in [0.15, 0.2) is 23.3 Å². The molecule has 0 aromatic carbocycles. The van der Waals surface area contributed by atoms with Crippen LogP contribution >= 0.6 is 0 Å². The first-order valence-electron chi connectivity index (χ1n) is 17.5. The van der Waals surface area contributed by atoms with Crippen LogP contribution in [0.5, 0.6) is 0 Å². The molecule has 0 spiro atoms. The normalized spacial score (nSPS) is 31.2. The maximum absolute atomic E-state index is 10.8. The van der Waals surface area contributed by atoms with Crippen LogP contribution in [0, 0.1) is 23.2 Å². The third kappa shape index (κ3) is 8.60. The first kappa shape index (κ1) is 36.0. The van der Waals surface area contributed by atoms with E-state index in [9.17, 15) is 4.79 Å². The number of hydrogen-bond acceptors (Lipinski definition) is 3. The summed E-state index contributed by atoms with van der Waals surface area (Å²) in [6.45, 7) is 28.8. The Labute approximate surface area is 263 Å². The van der Waals surface area contributed by atoms with Crippen LogP contribution in [-0.4, -0.2) is 35.1 Å². The fourth-order valence-corrected chi connectivity index (χ4v) is 10.7. The SMILES string of the molecule is C[C@@H](CCCCC=O)[C@H]1CC[C@H]2/C(=C/C=C3C[C@@H](O[Si](C)(C)C(C)(C)C)C[C@H](O[Si](C)(C)C(C)(C)C)C3)CCC[C@]12C. The predicted octanol–water partition coefficient (Wildman–Crippen LogP) is 11.4. The molecule has 0 saturated heterocycles. The van der Waals surface area contributed by atoms with Crippen molar-refractivity contribution in [3.05, 3.63) is 23.3 Å². The molecular weight excluding hydrogens is 549 g/mol. The summed E-state index contributed by atoms with van der Waals surface area (Å²) in [4.78, 5) is 10.8. The van der Waals surface area contributed by atoms with Crippen LogP contribution in [0.3, 0.4) is 0 Å². The minimum absolute atomic E-state index is 0.212. The molecule has 0 aliphatic heterocycles. The van der Waals surface area contributed by atoms with E-state index >= 15 is 0 Å². The highest BCUT2D eigenvalue weighted by molar-refractivity contribution is 6.74. The summed E-state index contributed by atoms with van der Waals surface area (Å²) in [6, 6.07) is 0. The Morgan fingerprint density at radius 2 is 1.48 bits per heavy atom. The third-order valence-electron chi connectivity index (χ3n) is 12.5.